The van der Waals surface area contributed by atoms with Crippen molar-refractivity contribution in [1.29, 1.82) is 0 Å². The predicted octanol–water partition coefficient (Wildman–Crippen LogP) is 8.79. The second-order valence-electron chi connectivity index (χ2n) is 11.7. The molecule has 0 saturated heterocycles. The maximum atomic E-state index is 13.8. The van der Waals surface area contributed by atoms with E-state index in [-0.39, 0.29) is 23.2 Å². The summed E-state index contributed by atoms with van der Waals surface area (Å²) in [5, 5.41) is 0. The summed E-state index contributed by atoms with van der Waals surface area (Å²) in [5.41, 5.74) is -0.0458. The highest BCUT2D eigenvalue weighted by Gasteiger charge is 2.39. The topological polar surface area (TPSA) is 26.3 Å². The molecule has 0 bridgehead atoms. The van der Waals surface area contributed by atoms with Crippen molar-refractivity contribution in [1.82, 2.24) is 0 Å². The summed E-state index contributed by atoms with van der Waals surface area (Å²) < 4.78 is 32.9. The first-order valence-corrected chi connectivity index (χ1v) is 14.1. The third-order valence-electron chi connectivity index (χ3n) is 9.47. The average molecular weight is 475 g/mol. The number of fused-ring (bicyclic) bond motifs is 1. The number of unbranched alkanes of at least 4 members (excludes halogenated alkanes) is 3. The minimum absolute atomic E-state index is 0.0213. The molecule has 4 atom stereocenters. The Bertz CT molecular complexity index is 791. The average Bonchev–Trinajstić information content (AvgIpc) is 2.85. The van der Waals surface area contributed by atoms with Gasteiger partial charge in [0.15, 0.2) is 0 Å². The Morgan fingerprint density at radius 3 is 2.09 bits per heavy atom. The van der Waals surface area contributed by atoms with Crippen LogP contribution in [0, 0.1) is 54.1 Å². The van der Waals surface area contributed by atoms with Crippen LogP contribution in [-0.4, -0.2) is 5.97 Å². The Morgan fingerprint density at radius 1 is 0.824 bits per heavy atom. The first kappa shape index (κ1) is 25.6. The summed E-state index contributed by atoms with van der Waals surface area (Å²) in [6.45, 7) is 3.67. The van der Waals surface area contributed by atoms with Crippen molar-refractivity contribution in [3.8, 4) is 5.75 Å². The SMILES string of the molecule is CCCCCCC1CCC2CC(C3CCC(C(=O)Oc4cc(F)c(C)c(F)c4)CC3)CCC2C1. The smallest absolute Gasteiger partial charge is 0.314 e. The standard InChI is InChI=1S/C30H44F2O2/c1-3-4-5-6-7-21-8-9-26-17-25(15-14-24(26)16-21)22-10-12-23(13-11-22)30(33)34-27-18-28(31)20(2)29(32)19-27/h18-19,21-26H,3-17H2,1-2H3. The van der Waals surface area contributed by atoms with Crippen molar-refractivity contribution >= 4 is 5.97 Å². The summed E-state index contributed by atoms with van der Waals surface area (Å²) >= 11 is 0. The van der Waals surface area contributed by atoms with Crippen molar-refractivity contribution in [3.63, 3.8) is 0 Å². The molecule has 3 aliphatic rings. The Morgan fingerprint density at radius 2 is 1.41 bits per heavy atom. The monoisotopic (exact) mass is 474 g/mol. The normalized spacial score (nSPS) is 31.6. The van der Waals surface area contributed by atoms with Gasteiger partial charge in [0.05, 0.1) is 5.92 Å². The third kappa shape index (κ3) is 6.40. The molecular weight excluding hydrogens is 430 g/mol. The molecule has 3 fully saturated rings. The number of ether oxygens (including phenoxy) is 1. The van der Waals surface area contributed by atoms with Crippen LogP contribution in [0.5, 0.6) is 5.75 Å². The van der Waals surface area contributed by atoms with Crippen LogP contribution in [0.15, 0.2) is 12.1 Å². The van der Waals surface area contributed by atoms with Gasteiger partial charge in [0, 0.05) is 17.7 Å². The van der Waals surface area contributed by atoms with Gasteiger partial charge in [0.2, 0.25) is 0 Å². The molecule has 2 nitrogen and oxygen atoms in total. The zero-order valence-electron chi connectivity index (χ0n) is 21.3. The Hall–Kier alpha value is -1.45. The van der Waals surface area contributed by atoms with Gasteiger partial charge in [-0.2, -0.15) is 0 Å². The molecule has 190 valence electrons. The minimum atomic E-state index is -0.673. The Labute approximate surface area is 205 Å². The van der Waals surface area contributed by atoms with Crippen LogP contribution in [0.2, 0.25) is 0 Å². The largest absolute Gasteiger partial charge is 0.426 e. The number of hydrogen-bond acceptors (Lipinski definition) is 2. The summed E-state index contributed by atoms with van der Waals surface area (Å²) in [6.07, 6.45) is 19.4. The fraction of sp³-hybridized carbons (Fsp3) is 0.767. The summed E-state index contributed by atoms with van der Waals surface area (Å²) in [5.74, 6) is 2.57. The number of rotatable bonds is 8. The molecule has 34 heavy (non-hydrogen) atoms. The van der Waals surface area contributed by atoms with E-state index in [1.165, 1.54) is 77.6 Å². The van der Waals surface area contributed by atoms with Gasteiger partial charge in [-0.1, -0.05) is 45.4 Å². The van der Waals surface area contributed by atoms with Crippen LogP contribution in [0.1, 0.15) is 109 Å². The van der Waals surface area contributed by atoms with Crippen molar-refractivity contribution < 1.29 is 18.3 Å². The molecule has 0 N–H and O–H groups in total. The Balaban J connectivity index is 1.20. The van der Waals surface area contributed by atoms with E-state index in [0.29, 0.717) is 0 Å². The summed E-state index contributed by atoms with van der Waals surface area (Å²) in [4.78, 5) is 12.6. The van der Waals surface area contributed by atoms with E-state index >= 15 is 0 Å². The molecule has 0 radical (unpaired) electrons. The molecule has 0 spiro atoms. The van der Waals surface area contributed by atoms with Crippen LogP contribution in [-0.2, 0) is 4.79 Å². The highest BCUT2D eigenvalue weighted by Crippen LogP contribution is 2.49. The van der Waals surface area contributed by atoms with Gasteiger partial charge in [0.1, 0.15) is 17.4 Å². The van der Waals surface area contributed by atoms with Crippen molar-refractivity contribution in [3.05, 3.63) is 29.3 Å². The van der Waals surface area contributed by atoms with E-state index in [1.807, 2.05) is 0 Å². The molecule has 0 heterocycles. The maximum absolute atomic E-state index is 13.8. The molecule has 0 aromatic heterocycles. The van der Waals surface area contributed by atoms with Crippen LogP contribution < -0.4 is 4.74 Å². The van der Waals surface area contributed by atoms with Crippen LogP contribution >= 0.6 is 0 Å². The van der Waals surface area contributed by atoms with Crippen LogP contribution in [0.25, 0.3) is 0 Å². The molecule has 4 unspecified atom stereocenters. The molecule has 1 aromatic carbocycles. The van der Waals surface area contributed by atoms with Gasteiger partial charge in [-0.15, -0.1) is 0 Å². The second-order valence-corrected chi connectivity index (χ2v) is 11.7. The van der Waals surface area contributed by atoms with Crippen molar-refractivity contribution in [2.45, 2.75) is 110 Å². The van der Waals surface area contributed by atoms with E-state index in [2.05, 4.69) is 6.92 Å². The quantitative estimate of drug-likeness (QED) is 0.214. The highest BCUT2D eigenvalue weighted by atomic mass is 19.1. The Kier molecular flexibility index (Phi) is 9.04. The van der Waals surface area contributed by atoms with E-state index in [1.54, 1.807) is 0 Å². The van der Waals surface area contributed by atoms with Crippen molar-refractivity contribution in [2.24, 2.45) is 35.5 Å². The van der Waals surface area contributed by atoms with E-state index in [9.17, 15) is 13.6 Å². The fourth-order valence-corrected chi connectivity index (χ4v) is 7.28. The molecule has 4 rings (SSSR count). The van der Waals surface area contributed by atoms with Crippen molar-refractivity contribution in [2.75, 3.05) is 0 Å². The number of hydrogen-bond donors (Lipinski definition) is 0. The number of benzene rings is 1. The van der Waals surface area contributed by atoms with E-state index in [4.69, 9.17) is 4.74 Å². The van der Waals surface area contributed by atoms with E-state index in [0.717, 1.165) is 67.4 Å². The van der Waals surface area contributed by atoms with Gasteiger partial charge in [-0.25, -0.2) is 8.78 Å². The minimum Gasteiger partial charge on any atom is -0.426 e. The zero-order chi connectivity index (χ0) is 24.1. The van der Waals surface area contributed by atoms with Gasteiger partial charge in [0.25, 0.3) is 0 Å². The lowest BCUT2D eigenvalue weighted by molar-refractivity contribution is -0.140. The second kappa shape index (κ2) is 12.0. The zero-order valence-corrected chi connectivity index (χ0v) is 21.3. The highest BCUT2D eigenvalue weighted by molar-refractivity contribution is 5.75. The number of esters is 1. The molecule has 0 aliphatic heterocycles. The molecule has 3 saturated carbocycles. The summed E-state index contributed by atoms with van der Waals surface area (Å²) in [7, 11) is 0. The number of carbonyl (C=O) groups excluding carboxylic acids is 1. The molecule has 3 aliphatic carbocycles. The maximum Gasteiger partial charge on any atom is 0.314 e. The number of carbonyl (C=O) groups is 1. The van der Waals surface area contributed by atoms with E-state index < -0.39 is 11.6 Å². The molecule has 4 heteroatoms. The first-order valence-electron chi connectivity index (χ1n) is 14.1. The van der Waals surface area contributed by atoms with Gasteiger partial charge in [-0.3, -0.25) is 4.79 Å². The van der Waals surface area contributed by atoms with Gasteiger partial charge < -0.3 is 4.74 Å². The number of halogens is 2. The molecular formula is C30H44F2O2. The van der Waals surface area contributed by atoms with Crippen LogP contribution in [0.4, 0.5) is 8.78 Å². The molecule has 1 aromatic rings. The lowest BCUT2D eigenvalue weighted by Gasteiger charge is -2.45. The van der Waals surface area contributed by atoms with Gasteiger partial charge >= 0.3 is 5.97 Å². The predicted molar refractivity (Wildman–Crippen MR) is 133 cm³/mol. The van der Waals surface area contributed by atoms with Gasteiger partial charge in [-0.05, 0) is 94.3 Å². The third-order valence-corrected chi connectivity index (χ3v) is 9.47. The summed E-state index contributed by atoms with van der Waals surface area (Å²) in [6, 6.07) is 2.22. The fourth-order valence-electron chi connectivity index (χ4n) is 7.28. The first-order chi connectivity index (χ1) is 16.4. The lowest BCUT2D eigenvalue weighted by Crippen LogP contribution is -2.35. The lowest BCUT2D eigenvalue weighted by atomic mass is 9.60. The molecule has 0 amide bonds. The van der Waals surface area contributed by atoms with Crippen LogP contribution in [0.3, 0.4) is 0 Å².